The molecule has 1 unspecified atom stereocenters. The molecule has 1 aromatic rings. The molecule has 22 heavy (non-hydrogen) atoms. The molecule has 2 rings (SSSR count). The number of nitrogens with one attached hydrogen (secondary N) is 1. The predicted octanol–water partition coefficient (Wildman–Crippen LogP) is 1.90. The van der Waals surface area contributed by atoms with Crippen LogP contribution < -0.4 is 5.09 Å². The molecule has 11 heteroatoms. The lowest BCUT2D eigenvalue weighted by Gasteiger charge is -2.19. The number of nitro groups is 1. The number of hydrogen-bond acceptors (Lipinski definition) is 5. The predicted molar refractivity (Wildman–Crippen MR) is 85.7 cm³/mol. The summed E-state index contributed by atoms with van der Waals surface area (Å²) < 4.78 is 21.3. The van der Waals surface area contributed by atoms with E-state index < -0.39 is 12.6 Å². The van der Waals surface area contributed by atoms with E-state index in [1.165, 1.54) is 17.7 Å². The van der Waals surface area contributed by atoms with E-state index in [2.05, 4.69) is 32.6 Å². The summed E-state index contributed by atoms with van der Waals surface area (Å²) >= 11 is 3.26. The average molecular weight is 394 g/mol. The summed E-state index contributed by atoms with van der Waals surface area (Å²) in [4.78, 5) is 14.2. The largest absolute Gasteiger partial charge is 0.435 e. The van der Waals surface area contributed by atoms with Crippen molar-refractivity contribution in [2.75, 3.05) is 25.0 Å². The Morgan fingerprint density at radius 1 is 1.64 bits per heavy atom. The van der Waals surface area contributed by atoms with Crippen LogP contribution in [0, 0.1) is 10.1 Å². The molecule has 1 aliphatic rings. The van der Waals surface area contributed by atoms with Crippen LogP contribution >= 0.6 is 23.6 Å². The van der Waals surface area contributed by atoms with Gasteiger partial charge in [-0.3, -0.25) is 9.09 Å². The molecule has 0 aliphatic carbocycles. The SMILES string of the molecule is C=Cc1nc([N+](=O)[O-])n(C)c1COP(=O)(NCCBr)N1CC1. The molecule has 1 N–H and O–H groups in total. The van der Waals surface area contributed by atoms with E-state index in [4.69, 9.17) is 4.52 Å². The lowest BCUT2D eigenvalue weighted by atomic mass is 10.3. The summed E-state index contributed by atoms with van der Waals surface area (Å²) in [6.07, 6.45) is 1.42. The maximum Gasteiger partial charge on any atom is 0.435 e. The van der Waals surface area contributed by atoms with Crippen molar-refractivity contribution in [1.29, 1.82) is 0 Å². The zero-order valence-electron chi connectivity index (χ0n) is 12.1. The first-order chi connectivity index (χ1) is 10.4. The second-order valence-electron chi connectivity index (χ2n) is 4.61. The van der Waals surface area contributed by atoms with Gasteiger partial charge in [-0.15, -0.1) is 0 Å². The molecule has 0 aromatic carbocycles. The van der Waals surface area contributed by atoms with Crippen molar-refractivity contribution in [1.82, 2.24) is 19.3 Å². The van der Waals surface area contributed by atoms with E-state index in [-0.39, 0.29) is 12.6 Å². The highest BCUT2D eigenvalue weighted by Gasteiger charge is 2.40. The zero-order valence-corrected chi connectivity index (χ0v) is 14.5. The maximum atomic E-state index is 12.7. The van der Waals surface area contributed by atoms with Gasteiger partial charge in [0.15, 0.2) is 5.69 Å². The quantitative estimate of drug-likeness (QED) is 0.224. The normalized spacial score (nSPS) is 17.2. The minimum atomic E-state index is -3.12. The Bertz CT molecular complexity index is 630. The molecular weight excluding hydrogens is 377 g/mol. The monoisotopic (exact) mass is 393 g/mol. The first-order valence-corrected chi connectivity index (χ1v) is 9.26. The summed E-state index contributed by atoms with van der Waals surface area (Å²) in [7, 11) is -1.60. The van der Waals surface area contributed by atoms with Crippen LogP contribution in [0.2, 0.25) is 0 Å². The van der Waals surface area contributed by atoms with Crippen molar-refractivity contribution in [2.24, 2.45) is 7.05 Å². The highest BCUT2D eigenvalue weighted by atomic mass is 79.9. The number of aromatic nitrogens is 2. The summed E-state index contributed by atoms with van der Waals surface area (Å²) in [5, 5.41) is 14.5. The lowest BCUT2D eigenvalue weighted by molar-refractivity contribution is -0.396. The third-order valence-electron chi connectivity index (χ3n) is 3.16. The van der Waals surface area contributed by atoms with Crippen LogP contribution in [0.5, 0.6) is 0 Å². The van der Waals surface area contributed by atoms with Gasteiger partial charge in [0, 0.05) is 25.0 Å². The van der Waals surface area contributed by atoms with Gasteiger partial charge in [-0.05, 0) is 11.0 Å². The molecule has 1 aromatic heterocycles. The Morgan fingerprint density at radius 2 is 2.32 bits per heavy atom. The number of alkyl halides is 1. The fourth-order valence-electron chi connectivity index (χ4n) is 1.90. The molecular formula is C11H17BrN5O4P. The topological polar surface area (TPSA) is 102 Å². The minimum absolute atomic E-state index is 0.0538. The Hall–Kier alpha value is -1.06. The van der Waals surface area contributed by atoms with Crippen LogP contribution in [0.4, 0.5) is 5.95 Å². The fraction of sp³-hybridized carbons (Fsp3) is 0.545. The molecule has 9 nitrogen and oxygen atoms in total. The molecule has 1 saturated heterocycles. The summed E-state index contributed by atoms with van der Waals surface area (Å²) in [5.41, 5.74) is 0.816. The third kappa shape index (κ3) is 3.64. The molecule has 1 aliphatic heterocycles. The summed E-state index contributed by atoms with van der Waals surface area (Å²) in [6.45, 7) is 5.43. The van der Waals surface area contributed by atoms with Crippen molar-refractivity contribution >= 4 is 35.6 Å². The average Bonchev–Trinajstić information content (AvgIpc) is 3.28. The molecule has 122 valence electrons. The van der Waals surface area contributed by atoms with Crippen LogP contribution in [0.15, 0.2) is 6.58 Å². The van der Waals surface area contributed by atoms with Crippen LogP contribution in [0.1, 0.15) is 11.4 Å². The second kappa shape index (κ2) is 7.01. The molecule has 0 saturated carbocycles. The van der Waals surface area contributed by atoms with Gasteiger partial charge >= 0.3 is 13.6 Å². The summed E-state index contributed by atoms with van der Waals surface area (Å²) in [5.74, 6) is -0.302. The molecule has 0 spiro atoms. The number of halogens is 1. The molecule has 2 heterocycles. The molecule has 0 amide bonds. The Kier molecular flexibility index (Phi) is 5.51. The molecule has 0 radical (unpaired) electrons. The Labute approximate surface area is 136 Å². The number of hydrogen-bond donors (Lipinski definition) is 1. The van der Waals surface area contributed by atoms with Gasteiger partial charge < -0.3 is 10.1 Å². The first-order valence-electron chi connectivity index (χ1n) is 6.56. The van der Waals surface area contributed by atoms with E-state index in [0.29, 0.717) is 36.4 Å². The fourth-order valence-corrected chi connectivity index (χ4v) is 4.17. The van der Waals surface area contributed by atoms with Crippen LogP contribution in [0.25, 0.3) is 6.08 Å². The Morgan fingerprint density at radius 3 is 2.82 bits per heavy atom. The second-order valence-corrected chi connectivity index (χ2v) is 7.58. The van der Waals surface area contributed by atoms with E-state index in [9.17, 15) is 14.7 Å². The van der Waals surface area contributed by atoms with Gasteiger partial charge in [0.05, 0.1) is 7.05 Å². The van der Waals surface area contributed by atoms with E-state index in [1.54, 1.807) is 4.67 Å². The lowest BCUT2D eigenvalue weighted by Crippen LogP contribution is -2.20. The van der Waals surface area contributed by atoms with Gasteiger partial charge in [-0.1, -0.05) is 27.5 Å². The molecule has 1 atom stereocenters. The minimum Gasteiger partial charge on any atom is -0.390 e. The number of rotatable bonds is 9. The maximum absolute atomic E-state index is 12.7. The number of imidazole rings is 1. The van der Waals surface area contributed by atoms with Crippen LogP contribution in [-0.4, -0.2) is 44.1 Å². The van der Waals surface area contributed by atoms with Gasteiger partial charge in [0.2, 0.25) is 0 Å². The Balaban J connectivity index is 2.17. The standard InChI is InChI=1S/C11H17BrN5O4P/c1-3-9-10(15(2)11(14-9)17(18)19)8-21-22(20,13-5-4-12)16-6-7-16/h3H,1,4-8H2,2H3,(H,13,20). The van der Waals surface area contributed by atoms with Crippen molar-refractivity contribution in [3.05, 3.63) is 28.1 Å². The summed E-state index contributed by atoms with van der Waals surface area (Å²) in [6, 6.07) is 0. The molecule has 1 fully saturated rings. The third-order valence-corrected chi connectivity index (χ3v) is 5.80. The smallest absolute Gasteiger partial charge is 0.390 e. The van der Waals surface area contributed by atoms with Gasteiger partial charge in [0.1, 0.15) is 12.3 Å². The van der Waals surface area contributed by atoms with Crippen LogP contribution in [-0.2, 0) is 22.7 Å². The van der Waals surface area contributed by atoms with Crippen molar-refractivity contribution in [3.63, 3.8) is 0 Å². The van der Waals surface area contributed by atoms with E-state index >= 15 is 0 Å². The number of nitrogens with zero attached hydrogens (tertiary/aromatic N) is 4. The highest BCUT2D eigenvalue weighted by Crippen LogP contribution is 2.51. The van der Waals surface area contributed by atoms with Gasteiger partial charge in [-0.25, -0.2) is 14.3 Å². The van der Waals surface area contributed by atoms with Crippen molar-refractivity contribution in [2.45, 2.75) is 6.61 Å². The molecule has 0 bridgehead atoms. The van der Waals surface area contributed by atoms with Gasteiger partial charge in [-0.2, -0.15) is 0 Å². The van der Waals surface area contributed by atoms with E-state index in [1.807, 2.05) is 0 Å². The van der Waals surface area contributed by atoms with Crippen LogP contribution in [0.3, 0.4) is 0 Å². The first kappa shape index (κ1) is 17.3. The van der Waals surface area contributed by atoms with Gasteiger partial charge in [0.25, 0.3) is 0 Å². The zero-order chi connectivity index (χ0) is 16.3. The highest BCUT2D eigenvalue weighted by molar-refractivity contribution is 9.09. The van der Waals surface area contributed by atoms with E-state index in [0.717, 1.165) is 0 Å². The van der Waals surface area contributed by atoms with Crippen molar-refractivity contribution < 1.29 is 14.0 Å². The van der Waals surface area contributed by atoms with Crippen molar-refractivity contribution in [3.8, 4) is 0 Å².